The number of halogens is 1. The highest BCUT2D eigenvalue weighted by atomic mass is 35.5. The molecule has 0 fully saturated rings. The Kier molecular flexibility index (Phi) is 6.28. The Labute approximate surface area is 206 Å². The molecule has 0 aliphatic heterocycles. The lowest BCUT2D eigenvalue weighted by Crippen LogP contribution is -2.21. The summed E-state index contributed by atoms with van der Waals surface area (Å²) in [6.45, 7) is 0.972. The van der Waals surface area contributed by atoms with Crippen molar-refractivity contribution in [3.05, 3.63) is 101 Å². The zero-order valence-corrected chi connectivity index (χ0v) is 20.3. The van der Waals surface area contributed by atoms with Crippen LogP contribution in [-0.2, 0) is 13.1 Å². The van der Waals surface area contributed by atoms with Crippen molar-refractivity contribution in [1.82, 2.24) is 14.3 Å². The molecule has 5 heterocycles. The van der Waals surface area contributed by atoms with Crippen LogP contribution in [0.2, 0.25) is 4.34 Å². The number of pyridine rings is 1. The van der Waals surface area contributed by atoms with Gasteiger partial charge in [-0.25, -0.2) is 0 Å². The van der Waals surface area contributed by atoms with Gasteiger partial charge in [-0.3, -0.25) is 9.59 Å². The molecular weight excluding hydrogens is 496 g/mol. The summed E-state index contributed by atoms with van der Waals surface area (Å²) in [4.78, 5) is 28.4. The number of thiophene rings is 3. The number of nitrogens with one attached hydrogen (secondary N) is 1. The van der Waals surface area contributed by atoms with Crippen LogP contribution in [0, 0.1) is 0 Å². The number of nitrogens with zero attached hydrogens (tertiary/aromatic N) is 3. The van der Waals surface area contributed by atoms with Gasteiger partial charge < -0.3 is 9.88 Å². The van der Waals surface area contributed by atoms with Gasteiger partial charge in [0.2, 0.25) is 0 Å². The van der Waals surface area contributed by atoms with E-state index >= 15 is 0 Å². The van der Waals surface area contributed by atoms with Crippen LogP contribution in [0.3, 0.4) is 0 Å². The quantitative estimate of drug-likeness (QED) is 0.295. The van der Waals surface area contributed by atoms with Crippen LogP contribution in [0.25, 0.3) is 11.3 Å². The van der Waals surface area contributed by atoms with Crippen molar-refractivity contribution in [2.45, 2.75) is 13.1 Å². The van der Waals surface area contributed by atoms with E-state index in [4.69, 9.17) is 11.6 Å². The van der Waals surface area contributed by atoms with E-state index < -0.39 is 0 Å². The molecule has 0 bridgehead atoms. The van der Waals surface area contributed by atoms with Gasteiger partial charge in [-0.1, -0.05) is 17.7 Å². The van der Waals surface area contributed by atoms with E-state index in [1.807, 2.05) is 41.1 Å². The molecule has 0 spiro atoms. The summed E-state index contributed by atoms with van der Waals surface area (Å²) in [5.41, 5.74) is 1.26. The molecule has 0 amide bonds. The molecular formula is C23H17ClN4O2S3. The van der Waals surface area contributed by atoms with E-state index in [0.29, 0.717) is 40.1 Å². The summed E-state index contributed by atoms with van der Waals surface area (Å²) in [5.74, 6) is 0.253. The van der Waals surface area contributed by atoms with Crippen molar-refractivity contribution in [2.75, 3.05) is 5.32 Å². The third kappa shape index (κ3) is 4.72. The Hall–Kier alpha value is -2.98. The van der Waals surface area contributed by atoms with Crippen LogP contribution in [-0.4, -0.2) is 20.3 Å². The molecule has 1 N–H and O–H groups in total. The number of carbonyl (C=O) groups is 1. The van der Waals surface area contributed by atoms with E-state index in [1.165, 1.54) is 27.4 Å². The van der Waals surface area contributed by atoms with E-state index in [2.05, 4.69) is 10.4 Å². The zero-order chi connectivity index (χ0) is 22.8. The maximum absolute atomic E-state index is 13.2. The standard InChI is InChI=1S/C23H17ClN4O2S3/c24-20-6-5-16(33-20)12-25-21-11-19(26-28(21)22(29)15-7-10-31-14-15)18-4-1-8-27(23(18)30)13-17-3-2-9-32-17/h1-11,14,25H,12-13H2. The number of rotatable bonds is 7. The van der Waals surface area contributed by atoms with Gasteiger partial charge in [0.05, 0.1) is 28.6 Å². The molecule has 166 valence electrons. The average molecular weight is 513 g/mol. The summed E-state index contributed by atoms with van der Waals surface area (Å²) >= 11 is 10.6. The minimum Gasteiger partial charge on any atom is -0.365 e. The van der Waals surface area contributed by atoms with Crippen LogP contribution in [0.4, 0.5) is 5.82 Å². The second kappa shape index (κ2) is 9.48. The molecule has 0 radical (unpaired) electrons. The monoisotopic (exact) mass is 512 g/mol. The van der Waals surface area contributed by atoms with E-state index in [1.54, 1.807) is 45.7 Å². The van der Waals surface area contributed by atoms with E-state index in [-0.39, 0.29) is 11.5 Å². The number of aromatic nitrogens is 3. The summed E-state index contributed by atoms with van der Waals surface area (Å²) < 4.78 is 3.68. The Bertz CT molecular complexity index is 1450. The molecule has 0 saturated carbocycles. The van der Waals surface area contributed by atoms with Crippen molar-refractivity contribution >= 4 is 57.3 Å². The molecule has 6 nitrogen and oxygen atoms in total. The molecule has 0 saturated heterocycles. The number of hydrogen-bond acceptors (Lipinski definition) is 7. The van der Waals surface area contributed by atoms with Gasteiger partial charge in [0, 0.05) is 27.4 Å². The Balaban J connectivity index is 1.51. The molecule has 0 aliphatic carbocycles. The fourth-order valence-corrected chi connectivity index (χ4v) is 5.71. The number of hydrogen-bond donors (Lipinski definition) is 1. The minimum atomic E-state index is -0.260. The molecule has 5 rings (SSSR count). The average Bonchev–Trinajstić information content (AvgIpc) is 3.61. The van der Waals surface area contributed by atoms with E-state index in [0.717, 1.165) is 9.75 Å². The maximum Gasteiger partial charge on any atom is 0.280 e. The minimum absolute atomic E-state index is 0.157. The van der Waals surface area contributed by atoms with Crippen LogP contribution < -0.4 is 10.9 Å². The normalized spacial score (nSPS) is 11.1. The molecule has 33 heavy (non-hydrogen) atoms. The predicted octanol–water partition coefficient (Wildman–Crippen LogP) is 5.90. The number of carbonyl (C=O) groups excluding carboxylic acids is 1. The Morgan fingerprint density at radius 2 is 2.00 bits per heavy atom. The molecule has 10 heteroatoms. The smallest absolute Gasteiger partial charge is 0.280 e. The maximum atomic E-state index is 13.2. The van der Waals surface area contributed by atoms with Gasteiger partial charge in [-0.15, -0.1) is 22.7 Å². The first-order valence-corrected chi connectivity index (χ1v) is 13.0. The Morgan fingerprint density at radius 3 is 2.73 bits per heavy atom. The lowest BCUT2D eigenvalue weighted by molar-refractivity contribution is 0.0948. The fraction of sp³-hybridized carbons (Fsp3) is 0.0870. The SMILES string of the molecule is O=C(c1ccsc1)n1nc(-c2cccn(Cc3cccs3)c2=O)cc1NCc1ccc(Cl)s1. The van der Waals surface area contributed by atoms with Crippen LogP contribution in [0.5, 0.6) is 0 Å². The van der Waals surface area contributed by atoms with Gasteiger partial charge in [-0.05, 0) is 47.2 Å². The fourth-order valence-electron chi connectivity index (χ4n) is 3.35. The third-order valence-electron chi connectivity index (χ3n) is 4.94. The largest absolute Gasteiger partial charge is 0.365 e. The third-order valence-corrected chi connectivity index (χ3v) is 7.72. The summed E-state index contributed by atoms with van der Waals surface area (Å²) in [6, 6.07) is 14.8. The van der Waals surface area contributed by atoms with Crippen LogP contribution in [0.1, 0.15) is 20.1 Å². The van der Waals surface area contributed by atoms with Gasteiger partial charge in [-0.2, -0.15) is 21.1 Å². The lowest BCUT2D eigenvalue weighted by atomic mass is 10.2. The van der Waals surface area contributed by atoms with Crippen LogP contribution >= 0.6 is 45.6 Å². The van der Waals surface area contributed by atoms with Crippen molar-refractivity contribution in [1.29, 1.82) is 0 Å². The molecule has 0 unspecified atom stereocenters. The second-order valence-corrected chi connectivity index (χ2v) is 10.7. The molecule has 5 aromatic heterocycles. The van der Waals surface area contributed by atoms with Gasteiger partial charge in [0.25, 0.3) is 11.5 Å². The van der Waals surface area contributed by atoms with Crippen molar-refractivity contribution in [2.24, 2.45) is 0 Å². The highest BCUT2D eigenvalue weighted by Crippen LogP contribution is 2.25. The molecule has 0 aromatic carbocycles. The lowest BCUT2D eigenvalue weighted by Gasteiger charge is -2.07. The first-order valence-electron chi connectivity index (χ1n) is 9.96. The van der Waals surface area contributed by atoms with Crippen molar-refractivity contribution in [3.8, 4) is 11.3 Å². The zero-order valence-electron chi connectivity index (χ0n) is 17.1. The van der Waals surface area contributed by atoms with E-state index in [9.17, 15) is 9.59 Å². The summed E-state index contributed by atoms with van der Waals surface area (Å²) in [6.07, 6.45) is 1.76. The summed E-state index contributed by atoms with van der Waals surface area (Å²) in [7, 11) is 0. The first-order chi connectivity index (χ1) is 16.1. The molecule has 0 atom stereocenters. The topological polar surface area (TPSA) is 68.9 Å². The molecule has 0 aliphatic rings. The predicted molar refractivity (Wildman–Crippen MR) is 136 cm³/mol. The van der Waals surface area contributed by atoms with Crippen molar-refractivity contribution < 1.29 is 4.79 Å². The van der Waals surface area contributed by atoms with Gasteiger partial charge in [0.1, 0.15) is 11.5 Å². The van der Waals surface area contributed by atoms with Crippen LogP contribution in [0.15, 0.2) is 75.7 Å². The second-order valence-electron chi connectivity index (χ2n) is 7.14. The highest BCUT2D eigenvalue weighted by molar-refractivity contribution is 7.16. The summed E-state index contributed by atoms with van der Waals surface area (Å²) in [5, 5.41) is 13.4. The highest BCUT2D eigenvalue weighted by Gasteiger charge is 2.19. The van der Waals surface area contributed by atoms with Gasteiger partial charge in [0.15, 0.2) is 0 Å². The Morgan fingerprint density at radius 1 is 1.09 bits per heavy atom. The first kappa shape index (κ1) is 21.8. The van der Waals surface area contributed by atoms with Crippen molar-refractivity contribution in [3.63, 3.8) is 0 Å². The van der Waals surface area contributed by atoms with Gasteiger partial charge >= 0.3 is 0 Å². The molecule has 5 aromatic rings. The number of anilines is 1.